The van der Waals surface area contributed by atoms with Crippen LogP contribution in [0.2, 0.25) is 0 Å². The molecule has 0 bridgehead atoms. The lowest BCUT2D eigenvalue weighted by atomic mass is 10.1. The first-order chi connectivity index (χ1) is 9.50. The number of aliphatic hydroxyl groups excluding tert-OH is 1. The molecule has 0 aliphatic carbocycles. The first kappa shape index (κ1) is 15.0. The highest BCUT2D eigenvalue weighted by Gasteiger charge is 2.16. The molecule has 20 heavy (non-hydrogen) atoms. The maximum absolute atomic E-state index is 13.9. The number of hydrogen-bond acceptors (Lipinski definition) is 2. The van der Waals surface area contributed by atoms with Crippen LogP contribution in [0.3, 0.4) is 0 Å². The lowest BCUT2D eigenvalue weighted by Crippen LogP contribution is -2.19. The molecule has 0 aromatic heterocycles. The fourth-order valence-corrected chi connectivity index (χ4v) is 2.65. The topological polar surface area (TPSA) is 23.5 Å². The number of benzene rings is 2. The van der Waals surface area contributed by atoms with E-state index in [-0.39, 0.29) is 5.82 Å². The summed E-state index contributed by atoms with van der Waals surface area (Å²) >= 11 is 3.51. The standard InChI is InChI=1S/C16H17BrFNO/c1-11(20)16-14(18)8-5-9-15(16)19(2)10-12-6-3-4-7-13(12)17/h3-9,11,20H,10H2,1-2H3/t11-/m1/s1. The molecule has 106 valence electrons. The van der Waals surface area contributed by atoms with Gasteiger partial charge in [0.05, 0.1) is 6.10 Å². The maximum Gasteiger partial charge on any atom is 0.131 e. The molecule has 2 aromatic carbocycles. The molecule has 2 nitrogen and oxygen atoms in total. The van der Waals surface area contributed by atoms with E-state index in [9.17, 15) is 9.50 Å². The van der Waals surface area contributed by atoms with Gasteiger partial charge in [0.25, 0.3) is 0 Å². The molecule has 0 aliphatic heterocycles. The highest BCUT2D eigenvalue weighted by atomic mass is 79.9. The number of aliphatic hydroxyl groups is 1. The zero-order chi connectivity index (χ0) is 14.7. The van der Waals surface area contributed by atoms with Gasteiger partial charge in [0, 0.05) is 29.3 Å². The Hall–Kier alpha value is -1.39. The Balaban J connectivity index is 2.33. The molecule has 0 unspecified atom stereocenters. The molecule has 0 saturated heterocycles. The molecule has 0 spiro atoms. The summed E-state index contributed by atoms with van der Waals surface area (Å²) < 4.78 is 14.9. The van der Waals surface area contributed by atoms with Crippen molar-refractivity contribution in [2.75, 3.05) is 11.9 Å². The quantitative estimate of drug-likeness (QED) is 0.900. The van der Waals surface area contributed by atoms with E-state index in [4.69, 9.17) is 0 Å². The molecular formula is C16H17BrFNO. The summed E-state index contributed by atoms with van der Waals surface area (Å²) in [6.45, 7) is 2.21. The van der Waals surface area contributed by atoms with Crippen molar-refractivity contribution in [1.29, 1.82) is 0 Å². The Labute approximate surface area is 127 Å². The summed E-state index contributed by atoms with van der Waals surface area (Å²) in [6.07, 6.45) is -0.840. The largest absolute Gasteiger partial charge is 0.389 e. The van der Waals surface area contributed by atoms with E-state index >= 15 is 0 Å². The maximum atomic E-state index is 13.9. The Morgan fingerprint density at radius 2 is 1.90 bits per heavy atom. The van der Waals surface area contributed by atoms with Crippen LogP contribution >= 0.6 is 15.9 Å². The second-order valence-electron chi connectivity index (χ2n) is 4.80. The predicted octanol–water partition coefficient (Wildman–Crippen LogP) is 4.28. The highest BCUT2D eigenvalue weighted by Crippen LogP contribution is 2.30. The average molecular weight is 338 g/mol. The number of anilines is 1. The Bertz CT molecular complexity index is 601. The van der Waals surface area contributed by atoms with Gasteiger partial charge in [0.1, 0.15) is 5.82 Å². The van der Waals surface area contributed by atoms with E-state index in [2.05, 4.69) is 15.9 Å². The third kappa shape index (κ3) is 3.19. The Morgan fingerprint density at radius 3 is 2.55 bits per heavy atom. The first-order valence-corrected chi connectivity index (χ1v) is 7.21. The molecule has 1 atom stereocenters. The SMILES string of the molecule is C[C@@H](O)c1c(F)cccc1N(C)Cc1ccccc1Br. The third-order valence-corrected chi connectivity index (χ3v) is 4.00. The fraction of sp³-hybridized carbons (Fsp3) is 0.250. The lowest BCUT2D eigenvalue weighted by molar-refractivity contribution is 0.194. The van der Waals surface area contributed by atoms with Gasteiger partial charge >= 0.3 is 0 Å². The second-order valence-corrected chi connectivity index (χ2v) is 5.65. The van der Waals surface area contributed by atoms with Gasteiger partial charge in [0.2, 0.25) is 0 Å². The van der Waals surface area contributed by atoms with E-state index in [0.29, 0.717) is 17.8 Å². The predicted molar refractivity (Wildman–Crippen MR) is 83.3 cm³/mol. The molecule has 4 heteroatoms. The number of nitrogens with zero attached hydrogens (tertiary/aromatic N) is 1. The normalized spacial score (nSPS) is 12.2. The van der Waals surface area contributed by atoms with Gasteiger partial charge in [-0.3, -0.25) is 0 Å². The van der Waals surface area contributed by atoms with Crippen molar-refractivity contribution < 1.29 is 9.50 Å². The van der Waals surface area contributed by atoms with E-state index < -0.39 is 6.10 Å². The van der Waals surface area contributed by atoms with Crippen molar-refractivity contribution in [2.24, 2.45) is 0 Å². The van der Waals surface area contributed by atoms with Gasteiger partial charge in [0.15, 0.2) is 0 Å². The van der Waals surface area contributed by atoms with Gasteiger partial charge in [-0.05, 0) is 30.7 Å². The van der Waals surface area contributed by atoms with Crippen LogP contribution in [0.5, 0.6) is 0 Å². The summed E-state index contributed by atoms with van der Waals surface area (Å²) in [6, 6.07) is 12.8. The minimum Gasteiger partial charge on any atom is -0.389 e. The fourth-order valence-electron chi connectivity index (χ4n) is 2.24. The minimum absolute atomic E-state index is 0.335. The molecule has 0 radical (unpaired) electrons. The van der Waals surface area contributed by atoms with Crippen LogP contribution in [-0.4, -0.2) is 12.2 Å². The number of halogens is 2. The summed E-state index contributed by atoms with van der Waals surface area (Å²) in [5, 5.41) is 9.78. The van der Waals surface area contributed by atoms with Crippen LogP contribution in [-0.2, 0) is 6.54 Å². The van der Waals surface area contributed by atoms with Crippen LogP contribution in [0.15, 0.2) is 46.9 Å². The zero-order valence-electron chi connectivity index (χ0n) is 11.5. The van der Waals surface area contributed by atoms with Gasteiger partial charge in [-0.2, -0.15) is 0 Å². The van der Waals surface area contributed by atoms with E-state index in [1.54, 1.807) is 13.0 Å². The second kappa shape index (κ2) is 6.37. The van der Waals surface area contributed by atoms with Gasteiger partial charge in [-0.15, -0.1) is 0 Å². The van der Waals surface area contributed by atoms with Crippen LogP contribution in [0.25, 0.3) is 0 Å². The molecule has 1 N–H and O–H groups in total. The summed E-state index contributed by atoms with van der Waals surface area (Å²) in [7, 11) is 1.89. The van der Waals surface area contributed by atoms with Crippen molar-refractivity contribution in [3.63, 3.8) is 0 Å². The molecular weight excluding hydrogens is 321 g/mol. The van der Waals surface area contributed by atoms with Crippen molar-refractivity contribution in [3.8, 4) is 0 Å². The highest BCUT2D eigenvalue weighted by molar-refractivity contribution is 9.10. The van der Waals surface area contributed by atoms with Crippen LogP contribution in [0.4, 0.5) is 10.1 Å². The van der Waals surface area contributed by atoms with Crippen molar-refractivity contribution in [3.05, 3.63) is 63.9 Å². The first-order valence-electron chi connectivity index (χ1n) is 6.41. The summed E-state index contributed by atoms with van der Waals surface area (Å²) in [5.41, 5.74) is 2.15. The monoisotopic (exact) mass is 337 g/mol. The van der Waals surface area contributed by atoms with Crippen LogP contribution in [0, 0.1) is 5.82 Å². The molecule has 0 heterocycles. The summed E-state index contributed by atoms with van der Waals surface area (Å²) in [5.74, 6) is -0.378. The van der Waals surface area contributed by atoms with Crippen molar-refractivity contribution in [2.45, 2.75) is 19.6 Å². The van der Waals surface area contributed by atoms with Crippen molar-refractivity contribution in [1.82, 2.24) is 0 Å². The van der Waals surface area contributed by atoms with Crippen LogP contribution in [0.1, 0.15) is 24.2 Å². The van der Waals surface area contributed by atoms with Gasteiger partial charge in [-0.1, -0.05) is 40.2 Å². The van der Waals surface area contributed by atoms with Crippen LogP contribution < -0.4 is 4.90 Å². The lowest BCUT2D eigenvalue weighted by Gasteiger charge is -2.24. The van der Waals surface area contributed by atoms with E-state index in [1.807, 2.05) is 42.3 Å². The Kier molecular flexibility index (Phi) is 4.78. The number of rotatable bonds is 4. The third-order valence-electron chi connectivity index (χ3n) is 3.22. The molecule has 2 aromatic rings. The van der Waals surface area contributed by atoms with E-state index in [1.165, 1.54) is 6.07 Å². The summed E-state index contributed by atoms with van der Waals surface area (Å²) in [4.78, 5) is 1.94. The van der Waals surface area contributed by atoms with Gasteiger partial charge < -0.3 is 10.0 Å². The average Bonchev–Trinajstić information content (AvgIpc) is 2.40. The molecule has 0 fully saturated rings. The Morgan fingerprint density at radius 1 is 1.20 bits per heavy atom. The smallest absolute Gasteiger partial charge is 0.131 e. The molecule has 0 amide bonds. The molecule has 2 rings (SSSR count). The van der Waals surface area contributed by atoms with E-state index in [0.717, 1.165) is 10.0 Å². The van der Waals surface area contributed by atoms with Crippen molar-refractivity contribution >= 4 is 21.6 Å². The number of hydrogen-bond donors (Lipinski definition) is 1. The molecule has 0 saturated carbocycles. The minimum atomic E-state index is -0.840. The molecule has 0 aliphatic rings. The zero-order valence-corrected chi connectivity index (χ0v) is 13.1. The van der Waals surface area contributed by atoms with Gasteiger partial charge in [-0.25, -0.2) is 4.39 Å².